The number of piperidine rings is 1. The van der Waals surface area contributed by atoms with Crippen LogP contribution in [0.15, 0.2) is 0 Å². The average Bonchev–Trinajstić information content (AvgIpc) is 2.59. The van der Waals surface area contributed by atoms with Crippen LogP contribution in [0.2, 0.25) is 0 Å². The number of hydrogen-bond donors (Lipinski definition) is 1. The third kappa shape index (κ3) is 2.17. The molecule has 2 unspecified atom stereocenters. The normalized spacial score (nSPS) is 34.1. The fraction of sp³-hybridized carbons (Fsp3) is 0.917. The van der Waals surface area contributed by atoms with E-state index in [0.717, 1.165) is 19.4 Å². The number of carbonyl (C=O) groups excluding carboxylic acids is 1. The van der Waals surface area contributed by atoms with Crippen molar-refractivity contribution >= 4 is 5.91 Å². The number of nitrogens with one attached hydrogen (secondary N) is 1. The fourth-order valence-electron chi connectivity index (χ4n) is 3.12. The van der Waals surface area contributed by atoms with E-state index in [1.807, 2.05) is 6.92 Å². The number of carbonyl (C=O) groups is 1. The molecule has 1 amide bonds. The maximum Gasteiger partial charge on any atom is 0.222 e. The van der Waals surface area contributed by atoms with E-state index in [2.05, 4.69) is 17.1 Å². The van der Waals surface area contributed by atoms with E-state index in [1.54, 1.807) is 0 Å². The van der Waals surface area contributed by atoms with Crippen LogP contribution in [-0.4, -0.2) is 35.5 Å². The number of nitrogens with zero attached hydrogens (tertiary/aromatic N) is 1. The monoisotopic (exact) mass is 210 g/mol. The Bertz CT molecular complexity index is 230. The Morgan fingerprint density at radius 2 is 1.87 bits per heavy atom. The van der Waals surface area contributed by atoms with Gasteiger partial charge in [-0.15, -0.1) is 0 Å². The lowest BCUT2D eigenvalue weighted by atomic mass is 9.98. The van der Waals surface area contributed by atoms with E-state index >= 15 is 0 Å². The zero-order valence-electron chi connectivity index (χ0n) is 9.83. The topological polar surface area (TPSA) is 32.3 Å². The van der Waals surface area contributed by atoms with Crippen molar-refractivity contribution in [3.63, 3.8) is 0 Å². The average molecular weight is 210 g/mol. The summed E-state index contributed by atoms with van der Waals surface area (Å²) in [6.45, 7) is 4.93. The highest BCUT2D eigenvalue weighted by Gasteiger charge is 2.36. The first kappa shape index (κ1) is 10.9. The molecule has 2 atom stereocenters. The molecule has 0 radical (unpaired) electrons. The van der Waals surface area contributed by atoms with Gasteiger partial charge in [-0.2, -0.15) is 0 Å². The molecule has 0 aromatic heterocycles. The van der Waals surface area contributed by atoms with E-state index in [4.69, 9.17) is 0 Å². The van der Waals surface area contributed by atoms with Crippen molar-refractivity contribution in [1.82, 2.24) is 10.2 Å². The lowest BCUT2D eigenvalue weighted by molar-refractivity contribution is -0.133. The molecule has 3 nitrogen and oxygen atoms in total. The number of hydrogen-bond acceptors (Lipinski definition) is 2. The quantitative estimate of drug-likeness (QED) is 0.766. The van der Waals surface area contributed by atoms with Gasteiger partial charge in [0, 0.05) is 31.1 Å². The molecule has 2 rings (SSSR count). The van der Waals surface area contributed by atoms with Gasteiger partial charge in [-0.3, -0.25) is 4.79 Å². The zero-order chi connectivity index (χ0) is 10.8. The van der Waals surface area contributed by atoms with Gasteiger partial charge in [-0.1, -0.05) is 6.92 Å². The van der Waals surface area contributed by atoms with Gasteiger partial charge in [-0.05, 0) is 32.6 Å². The van der Waals surface area contributed by atoms with Gasteiger partial charge in [0.2, 0.25) is 5.91 Å². The summed E-state index contributed by atoms with van der Waals surface area (Å²) < 4.78 is 0. The first-order valence-electron chi connectivity index (χ1n) is 6.30. The lowest BCUT2D eigenvalue weighted by Crippen LogP contribution is -2.50. The zero-order valence-corrected chi connectivity index (χ0v) is 9.83. The van der Waals surface area contributed by atoms with Crippen molar-refractivity contribution < 1.29 is 4.79 Å². The highest BCUT2D eigenvalue weighted by Crippen LogP contribution is 2.29. The van der Waals surface area contributed by atoms with Gasteiger partial charge in [-0.25, -0.2) is 0 Å². The minimum Gasteiger partial charge on any atom is -0.340 e. The Kier molecular flexibility index (Phi) is 3.29. The SMILES string of the molecule is CCC(=O)N(CC)C1CC2CCC(C1)N2. The van der Waals surface area contributed by atoms with E-state index in [-0.39, 0.29) is 0 Å². The van der Waals surface area contributed by atoms with Crippen LogP contribution >= 0.6 is 0 Å². The second-order valence-corrected chi connectivity index (χ2v) is 4.80. The third-order valence-electron chi connectivity index (χ3n) is 3.85. The molecule has 1 N–H and O–H groups in total. The molecule has 0 saturated carbocycles. The third-order valence-corrected chi connectivity index (χ3v) is 3.85. The molecule has 0 spiro atoms. The van der Waals surface area contributed by atoms with Crippen LogP contribution in [0.25, 0.3) is 0 Å². The number of rotatable bonds is 3. The summed E-state index contributed by atoms with van der Waals surface area (Å²) in [4.78, 5) is 13.9. The standard InChI is InChI=1S/C12H22N2O/c1-3-12(15)14(4-2)11-7-9-5-6-10(8-11)13-9/h9-11,13H,3-8H2,1-2H3. The van der Waals surface area contributed by atoms with Gasteiger partial charge < -0.3 is 10.2 Å². The lowest BCUT2D eigenvalue weighted by Gasteiger charge is -2.37. The summed E-state index contributed by atoms with van der Waals surface area (Å²) in [5.41, 5.74) is 0. The predicted molar refractivity (Wildman–Crippen MR) is 60.6 cm³/mol. The van der Waals surface area contributed by atoms with Crippen LogP contribution in [0.4, 0.5) is 0 Å². The van der Waals surface area contributed by atoms with Gasteiger partial charge in [0.05, 0.1) is 0 Å². The maximum absolute atomic E-state index is 11.8. The molecular weight excluding hydrogens is 188 g/mol. The summed E-state index contributed by atoms with van der Waals surface area (Å²) in [5, 5.41) is 3.62. The van der Waals surface area contributed by atoms with Crippen molar-refractivity contribution in [2.24, 2.45) is 0 Å². The molecule has 2 fully saturated rings. The Hall–Kier alpha value is -0.570. The summed E-state index contributed by atoms with van der Waals surface area (Å²) >= 11 is 0. The van der Waals surface area contributed by atoms with Crippen LogP contribution < -0.4 is 5.32 Å². The van der Waals surface area contributed by atoms with Crippen LogP contribution in [0.1, 0.15) is 46.0 Å². The smallest absolute Gasteiger partial charge is 0.222 e. The van der Waals surface area contributed by atoms with E-state index in [0.29, 0.717) is 30.5 Å². The highest BCUT2D eigenvalue weighted by atomic mass is 16.2. The maximum atomic E-state index is 11.8. The Morgan fingerprint density at radius 3 is 2.33 bits per heavy atom. The molecule has 2 bridgehead atoms. The second-order valence-electron chi connectivity index (χ2n) is 4.80. The molecule has 86 valence electrons. The molecule has 15 heavy (non-hydrogen) atoms. The van der Waals surface area contributed by atoms with Gasteiger partial charge in [0.1, 0.15) is 0 Å². The molecule has 0 aromatic carbocycles. The van der Waals surface area contributed by atoms with Gasteiger partial charge >= 0.3 is 0 Å². The van der Waals surface area contributed by atoms with Gasteiger partial charge in [0.15, 0.2) is 0 Å². The molecule has 0 aromatic rings. The predicted octanol–water partition coefficient (Wildman–Crippen LogP) is 1.53. The fourth-order valence-corrected chi connectivity index (χ4v) is 3.12. The first-order valence-corrected chi connectivity index (χ1v) is 6.30. The summed E-state index contributed by atoms with van der Waals surface area (Å²) in [6, 6.07) is 1.85. The summed E-state index contributed by atoms with van der Waals surface area (Å²) in [6.07, 6.45) is 5.58. The molecule has 2 heterocycles. The van der Waals surface area contributed by atoms with Gasteiger partial charge in [0.25, 0.3) is 0 Å². The van der Waals surface area contributed by atoms with Crippen molar-refractivity contribution in [2.45, 2.75) is 64.1 Å². The molecule has 2 aliphatic heterocycles. The number of fused-ring (bicyclic) bond motifs is 2. The van der Waals surface area contributed by atoms with Crippen molar-refractivity contribution in [3.05, 3.63) is 0 Å². The minimum atomic E-state index is 0.323. The Morgan fingerprint density at radius 1 is 1.27 bits per heavy atom. The van der Waals surface area contributed by atoms with Crippen LogP contribution in [-0.2, 0) is 4.79 Å². The number of amides is 1. The largest absolute Gasteiger partial charge is 0.340 e. The molecule has 2 saturated heterocycles. The molecule has 2 aliphatic rings. The van der Waals surface area contributed by atoms with Crippen molar-refractivity contribution in [1.29, 1.82) is 0 Å². The minimum absolute atomic E-state index is 0.323. The van der Waals surface area contributed by atoms with Crippen molar-refractivity contribution in [2.75, 3.05) is 6.54 Å². The Labute approximate surface area is 92.2 Å². The van der Waals surface area contributed by atoms with Crippen LogP contribution in [0.3, 0.4) is 0 Å². The van der Waals surface area contributed by atoms with Crippen molar-refractivity contribution in [3.8, 4) is 0 Å². The van der Waals surface area contributed by atoms with Crippen LogP contribution in [0, 0.1) is 0 Å². The molecular formula is C12H22N2O. The first-order chi connectivity index (χ1) is 7.24. The van der Waals surface area contributed by atoms with Crippen LogP contribution in [0.5, 0.6) is 0 Å². The summed E-state index contributed by atoms with van der Waals surface area (Å²) in [5.74, 6) is 0.323. The molecule has 0 aliphatic carbocycles. The van der Waals surface area contributed by atoms with E-state index in [9.17, 15) is 4.79 Å². The molecule has 3 heteroatoms. The highest BCUT2D eigenvalue weighted by molar-refractivity contribution is 5.76. The summed E-state index contributed by atoms with van der Waals surface area (Å²) in [7, 11) is 0. The van der Waals surface area contributed by atoms with E-state index in [1.165, 1.54) is 12.8 Å². The second kappa shape index (κ2) is 4.52. The Balaban J connectivity index is 1.99. The van der Waals surface area contributed by atoms with E-state index < -0.39 is 0 Å².